The molecule has 3 heteroatoms. The molecule has 0 aliphatic heterocycles. The molecular formula is C12H13N2Pt-. The third-order valence-corrected chi connectivity index (χ3v) is 2.43. The van der Waals surface area contributed by atoms with Crippen LogP contribution in [0, 0.1) is 26.8 Å². The molecule has 0 saturated carbocycles. The summed E-state index contributed by atoms with van der Waals surface area (Å²) in [5.41, 5.74) is 4.62. The van der Waals surface area contributed by atoms with Gasteiger partial charge in [0, 0.05) is 26.8 Å². The maximum Gasteiger partial charge on any atom is 0.0525 e. The molecule has 2 rings (SSSR count). The number of benzene rings is 1. The quantitative estimate of drug-likeness (QED) is 0.696. The van der Waals surface area contributed by atoms with Gasteiger partial charge in [-0.25, -0.2) is 0 Å². The number of nitrogens with zero attached hydrogens (tertiary/aromatic N) is 2. The van der Waals surface area contributed by atoms with Crippen LogP contribution in [0.1, 0.15) is 16.8 Å². The van der Waals surface area contributed by atoms with E-state index in [0.29, 0.717) is 0 Å². The Hall–Kier alpha value is -0.882. The van der Waals surface area contributed by atoms with Crippen LogP contribution in [0.5, 0.6) is 0 Å². The van der Waals surface area contributed by atoms with Crippen LogP contribution >= 0.6 is 0 Å². The minimum Gasteiger partial charge on any atom is -0.263 e. The molecular weight excluding hydrogens is 367 g/mol. The van der Waals surface area contributed by atoms with E-state index in [9.17, 15) is 0 Å². The molecule has 0 spiro atoms. The Morgan fingerprint density at radius 2 is 2.00 bits per heavy atom. The first kappa shape index (κ1) is 12.2. The first-order valence-electron chi connectivity index (χ1n) is 4.68. The third kappa shape index (κ3) is 2.38. The topological polar surface area (TPSA) is 17.8 Å². The smallest absolute Gasteiger partial charge is 0.0525 e. The van der Waals surface area contributed by atoms with Gasteiger partial charge in [-0.2, -0.15) is 28.9 Å². The molecule has 0 amide bonds. The Balaban J connectivity index is 0.00000112. The van der Waals surface area contributed by atoms with E-state index in [2.05, 4.69) is 38.0 Å². The van der Waals surface area contributed by atoms with Gasteiger partial charge in [-0.15, -0.1) is 6.07 Å². The fraction of sp³-hybridized carbons (Fsp3) is 0.250. The maximum absolute atomic E-state index is 4.31. The molecule has 0 saturated heterocycles. The van der Waals surface area contributed by atoms with Crippen molar-refractivity contribution in [2.45, 2.75) is 20.8 Å². The molecule has 1 aromatic heterocycles. The molecule has 82 valence electrons. The summed E-state index contributed by atoms with van der Waals surface area (Å²) in [6.07, 6.45) is 1.88. The van der Waals surface area contributed by atoms with Crippen molar-refractivity contribution in [2.75, 3.05) is 0 Å². The van der Waals surface area contributed by atoms with E-state index in [0.717, 1.165) is 5.69 Å². The number of hydrogen-bond donors (Lipinski definition) is 0. The van der Waals surface area contributed by atoms with Crippen molar-refractivity contribution in [3.63, 3.8) is 0 Å². The molecule has 15 heavy (non-hydrogen) atoms. The summed E-state index contributed by atoms with van der Waals surface area (Å²) in [7, 11) is 0. The average Bonchev–Trinajstić information content (AvgIpc) is 2.48. The second kappa shape index (κ2) is 4.76. The zero-order valence-electron chi connectivity index (χ0n) is 9.02. The Labute approximate surface area is 105 Å². The minimum atomic E-state index is 0. The first-order valence-corrected chi connectivity index (χ1v) is 4.68. The Bertz CT molecular complexity index is 460. The summed E-state index contributed by atoms with van der Waals surface area (Å²) in [5.74, 6) is 0. The van der Waals surface area contributed by atoms with E-state index in [1.165, 1.54) is 16.8 Å². The Morgan fingerprint density at radius 1 is 1.27 bits per heavy atom. The van der Waals surface area contributed by atoms with Crippen molar-refractivity contribution >= 4 is 0 Å². The van der Waals surface area contributed by atoms with Crippen LogP contribution < -0.4 is 0 Å². The number of hydrogen-bond acceptors (Lipinski definition) is 1. The standard InChI is InChI=1S/C12H13N2.Pt/c1-9-5-4-6-12(7-9)14-11(3)10(2)8-13-14;/h4-5,7-8H,1-3H3;/q-1;. The summed E-state index contributed by atoms with van der Waals surface area (Å²) in [6.45, 7) is 6.20. The van der Waals surface area contributed by atoms with Crippen LogP contribution in [0.2, 0.25) is 0 Å². The maximum atomic E-state index is 4.31. The number of aryl methyl sites for hydroxylation is 2. The normalized spacial score (nSPS) is 9.80. The van der Waals surface area contributed by atoms with Gasteiger partial charge >= 0.3 is 0 Å². The first-order chi connectivity index (χ1) is 6.68. The fourth-order valence-electron chi connectivity index (χ4n) is 1.42. The fourth-order valence-corrected chi connectivity index (χ4v) is 1.42. The van der Waals surface area contributed by atoms with Gasteiger partial charge < -0.3 is 0 Å². The molecule has 0 atom stereocenters. The molecule has 0 N–H and O–H groups in total. The molecule has 1 aromatic carbocycles. The summed E-state index contributed by atoms with van der Waals surface area (Å²) in [6, 6.07) is 9.23. The van der Waals surface area contributed by atoms with Crippen LogP contribution in [-0.2, 0) is 21.1 Å². The van der Waals surface area contributed by atoms with Crippen LogP contribution in [0.3, 0.4) is 0 Å². The van der Waals surface area contributed by atoms with E-state index in [1.54, 1.807) is 0 Å². The van der Waals surface area contributed by atoms with Gasteiger partial charge in [0.05, 0.1) is 6.20 Å². The van der Waals surface area contributed by atoms with Gasteiger partial charge in [0.25, 0.3) is 0 Å². The molecule has 0 radical (unpaired) electrons. The average molecular weight is 380 g/mol. The van der Waals surface area contributed by atoms with E-state index >= 15 is 0 Å². The largest absolute Gasteiger partial charge is 0.263 e. The van der Waals surface area contributed by atoms with Crippen molar-refractivity contribution in [1.29, 1.82) is 0 Å². The van der Waals surface area contributed by atoms with Crippen molar-refractivity contribution < 1.29 is 21.1 Å². The second-order valence-corrected chi connectivity index (χ2v) is 3.58. The molecule has 0 fully saturated rings. The molecule has 0 bridgehead atoms. The van der Waals surface area contributed by atoms with Gasteiger partial charge in [0.15, 0.2) is 0 Å². The minimum absolute atomic E-state index is 0. The van der Waals surface area contributed by atoms with Crippen molar-refractivity contribution in [1.82, 2.24) is 9.78 Å². The number of rotatable bonds is 1. The molecule has 0 unspecified atom stereocenters. The van der Waals surface area contributed by atoms with E-state index in [4.69, 9.17) is 0 Å². The van der Waals surface area contributed by atoms with Crippen LogP contribution in [-0.4, -0.2) is 9.78 Å². The number of aromatic nitrogens is 2. The van der Waals surface area contributed by atoms with Gasteiger partial charge in [-0.1, -0.05) is 6.92 Å². The summed E-state index contributed by atoms with van der Waals surface area (Å²) in [4.78, 5) is 0. The molecule has 0 aliphatic carbocycles. The van der Waals surface area contributed by atoms with Gasteiger partial charge in [0.2, 0.25) is 0 Å². The van der Waals surface area contributed by atoms with Gasteiger partial charge in [-0.3, -0.25) is 4.68 Å². The molecule has 1 heterocycles. The zero-order valence-corrected chi connectivity index (χ0v) is 11.3. The summed E-state index contributed by atoms with van der Waals surface area (Å²) >= 11 is 0. The molecule has 0 aliphatic rings. The van der Waals surface area contributed by atoms with Crippen LogP contribution in [0.15, 0.2) is 24.4 Å². The monoisotopic (exact) mass is 380 g/mol. The predicted octanol–water partition coefficient (Wildman–Crippen LogP) is 2.60. The Morgan fingerprint density at radius 3 is 2.53 bits per heavy atom. The second-order valence-electron chi connectivity index (χ2n) is 3.58. The van der Waals surface area contributed by atoms with Crippen LogP contribution in [0.25, 0.3) is 5.69 Å². The van der Waals surface area contributed by atoms with Crippen molar-refractivity contribution in [2.24, 2.45) is 0 Å². The molecule has 2 aromatic rings. The SMILES string of the molecule is Cc1cc[c-]c(-n2ncc(C)c2C)c1.[Pt]. The Kier molecular flexibility index (Phi) is 3.87. The van der Waals surface area contributed by atoms with Crippen LogP contribution in [0.4, 0.5) is 0 Å². The van der Waals surface area contributed by atoms with Crippen molar-refractivity contribution in [3.8, 4) is 5.69 Å². The van der Waals surface area contributed by atoms with E-state index in [-0.39, 0.29) is 21.1 Å². The van der Waals surface area contributed by atoms with Gasteiger partial charge in [0.1, 0.15) is 0 Å². The zero-order chi connectivity index (χ0) is 10.1. The third-order valence-electron chi connectivity index (χ3n) is 2.43. The van der Waals surface area contributed by atoms with E-state index < -0.39 is 0 Å². The summed E-state index contributed by atoms with van der Waals surface area (Å²) < 4.78 is 1.92. The van der Waals surface area contributed by atoms with E-state index in [1.807, 2.05) is 23.0 Å². The summed E-state index contributed by atoms with van der Waals surface area (Å²) in [5, 5.41) is 4.31. The molecule has 2 nitrogen and oxygen atoms in total. The van der Waals surface area contributed by atoms with Gasteiger partial charge in [-0.05, 0) is 25.1 Å². The predicted molar refractivity (Wildman–Crippen MR) is 56.6 cm³/mol. The van der Waals surface area contributed by atoms with Crippen molar-refractivity contribution in [3.05, 3.63) is 47.3 Å².